The monoisotopic (exact) mass is 544 g/mol. The average Bonchev–Trinajstić information content (AvgIpc) is 2.97. The number of benzene rings is 2. The third kappa shape index (κ3) is 6.93. The molecule has 0 aromatic heterocycles. The van der Waals surface area contributed by atoms with Gasteiger partial charge >= 0.3 is 0 Å². The topological polar surface area (TPSA) is 106 Å². The number of sulfonamides is 1. The number of amides is 1. The number of carbonyl (C=O) groups excluding carboxylic acids is 1. The molecular formula is C28H36N2O7S. The van der Waals surface area contributed by atoms with Crippen LogP contribution in [0.2, 0.25) is 0 Å². The van der Waals surface area contributed by atoms with Gasteiger partial charge < -0.3 is 24.2 Å². The molecule has 2 aromatic rings. The number of methoxy groups -OCH3 is 1. The average molecular weight is 545 g/mol. The largest absolute Gasteiger partial charge is 0.497 e. The molecule has 0 saturated carbocycles. The van der Waals surface area contributed by atoms with Crippen LogP contribution in [0.4, 0.5) is 0 Å². The normalized spacial score (nSPS) is 20.1. The summed E-state index contributed by atoms with van der Waals surface area (Å²) in [5.41, 5.74) is 1.05. The van der Waals surface area contributed by atoms with Gasteiger partial charge in [-0.3, -0.25) is 4.79 Å². The quantitative estimate of drug-likeness (QED) is 0.463. The molecule has 206 valence electrons. The molecule has 10 heteroatoms. The Labute approximate surface area is 224 Å². The van der Waals surface area contributed by atoms with E-state index in [0.717, 1.165) is 24.8 Å². The van der Waals surface area contributed by atoms with Crippen molar-refractivity contribution in [2.75, 3.05) is 46.5 Å². The molecule has 9 nitrogen and oxygen atoms in total. The summed E-state index contributed by atoms with van der Waals surface area (Å²) in [7, 11) is -2.35. The van der Waals surface area contributed by atoms with Gasteiger partial charge in [-0.25, -0.2) is 8.42 Å². The maximum Gasteiger partial charge on any atom is 0.288 e. The SMILES string of the molecule is COc1ccc(S(=O)(=O)N(CCO)CCO[C@H]2C[C@@H](c3ccccc3)C=C(C(=O)N3CCCCC3)O2)cc1. The molecule has 0 unspecified atom stereocenters. The van der Waals surface area contributed by atoms with Crippen LogP contribution in [0, 0.1) is 0 Å². The lowest BCUT2D eigenvalue weighted by Gasteiger charge is -2.33. The lowest BCUT2D eigenvalue weighted by molar-refractivity contribution is -0.153. The highest BCUT2D eigenvalue weighted by Gasteiger charge is 2.32. The van der Waals surface area contributed by atoms with E-state index in [0.29, 0.717) is 25.3 Å². The zero-order chi connectivity index (χ0) is 27.0. The number of allylic oxidation sites excluding steroid dienone is 1. The Morgan fingerprint density at radius 2 is 1.76 bits per heavy atom. The molecular weight excluding hydrogens is 508 g/mol. The van der Waals surface area contributed by atoms with Crippen LogP contribution in [0.25, 0.3) is 0 Å². The Hall–Kier alpha value is -2.92. The predicted molar refractivity (Wildman–Crippen MR) is 142 cm³/mol. The number of hydrogen-bond acceptors (Lipinski definition) is 7. The van der Waals surface area contributed by atoms with Gasteiger partial charge in [0.15, 0.2) is 5.76 Å². The number of carbonyl (C=O) groups is 1. The molecule has 2 aromatic carbocycles. The Morgan fingerprint density at radius 1 is 1.05 bits per heavy atom. The lowest BCUT2D eigenvalue weighted by Crippen LogP contribution is -2.40. The lowest BCUT2D eigenvalue weighted by atomic mass is 9.93. The number of nitrogens with zero attached hydrogens (tertiary/aromatic N) is 2. The standard InChI is InChI=1S/C28H36N2O7S/c1-35-24-10-12-25(13-11-24)38(33,34)30(16-18-31)17-19-36-27-21-23(22-8-4-2-5-9-22)20-26(37-27)28(32)29-14-6-3-7-15-29/h2,4-5,8-13,20,23,27,31H,3,6-7,14-19,21H2,1H3/t23-,27+/m0/s1. The first kappa shape index (κ1) is 28.1. The van der Waals surface area contributed by atoms with E-state index < -0.39 is 16.3 Å². The van der Waals surface area contributed by atoms with E-state index in [4.69, 9.17) is 14.2 Å². The van der Waals surface area contributed by atoms with E-state index >= 15 is 0 Å². The summed E-state index contributed by atoms with van der Waals surface area (Å²) in [5, 5.41) is 9.52. The minimum Gasteiger partial charge on any atom is -0.497 e. The fourth-order valence-electron chi connectivity index (χ4n) is 4.74. The van der Waals surface area contributed by atoms with Gasteiger partial charge in [0.05, 0.1) is 25.2 Å². The second-order valence-electron chi connectivity index (χ2n) is 9.36. The van der Waals surface area contributed by atoms with Crippen LogP contribution in [-0.4, -0.2) is 81.4 Å². The van der Waals surface area contributed by atoms with E-state index in [1.807, 2.05) is 41.3 Å². The number of hydrogen-bond donors (Lipinski definition) is 1. The molecule has 2 atom stereocenters. The first-order valence-electron chi connectivity index (χ1n) is 13.0. The van der Waals surface area contributed by atoms with E-state index in [9.17, 15) is 18.3 Å². The zero-order valence-corrected chi connectivity index (χ0v) is 22.5. The van der Waals surface area contributed by atoms with Crippen LogP contribution in [0.5, 0.6) is 5.75 Å². The van der Waals surface area contributed by atoms with Gasteiger partial charge in [0.25, 0.3) is 5.91 Å². The minimum atomic E-state index is -3.86. The third-order valence-electron chi connectivity index (χ3n) is 6.83. The number of aliphatic hydroxyl groups excluding tert-OH is 1. The van der Waals surface area contributed by atoms with Crippen LogP contribution < -0.4 is 4.74 Å². The van der Waals surface area contributed by atoms with E-state index in [1.165, 1.54) is 23.5 Å². The summed E-state index contributed by atoms with van der Waals surface area (Å²) >= 11 is 0. The van der Waals surface area contributed by atoms with Gasteiger partial charge in [-0.2, -0.15) is 4.31 Å². The van der Waals surface area contributed by atoms with E-state index in [1.54, 1.807) is 12.1 Å². The Balaban J connectivity index is 1.44. The molecule has 4 rings (SSSR count). The summed E-state index contributed by atoms with van der Waals surface area (Å²) in [5.74, 6) is 0.611. The van der Waals surface area contributed by atoms with Crippen LogP contribution in [-0.2, 0) is 24.3 Å². The van der Waals surface area contributed by atoms with Gasteiger partial charge in [0.1, 0.15) is 5.75 Å². The highest BCUT2D eigenvalue weighted by Crippen LogP contribution is 2.32. The molecule has 2 aliphatic heterocycles. The number of aliphatic hydroxyl groups is 1. The van der Waals surface area contributed by atoms with Crippen molar-refractivity contribution in [3.8, 4) is 5.75 Å². The summed E-state index contributed by atoms with van der Waals surface area (Å²) in [4.78, 5) is 15.2. The molecule has 2 heterocycles. The molecule has 1 N–H and O–H groups in total. The number of likely N-dealkylation sites (tertiary alicyclic amines) is 1. The number of ether oxygens (including phenoxy) is 3. The van der Waals surface area contributed by atoms with Crippen molar-refractivity contribution >= 4 is 15.9 Å². The Bertz CT molecular complexity index is 1180. The van der Waals surface area contributed by atoms with Gasteiger partial charge in [0, 0.05) is 38.5 Å². The van der Waals surface area contributed by atoms with Crippen molar-refractivity contribution in [1.29, 1.82) is 0 Å². The van der Waals surface area contributed by atoms with Gasteiger partial charge in [0.2, 0.25) is 16.3 Å². The Kier molecular flexibility index (Phi) is 9.79. The third-order valence-corrected chi connectivity index (χ3v) is 8.74. The summed E-state index contributed by atoms with van der Waals surface area (Å²) < 4.78 is 44.7. The number of piperidine rings is 1. The maximum absolute atomic E-state index is 13.2. The second-order valence-corrected chi connectivity index (χ2v) is 11.3. The molecule has 0 radical (unpaired) electrons. The van der Waals surface area contributed by atoms with Crippen LogP contribution in [0.3, 0.4) is 0 Å². The van der Waals surface area contributed by atoms with Gasteiger partial charge in [-0.05, 0) is 55.2 Å². The molecule has 2 aliphatic rings. The molecule has 1 saturated heterocycles. The van der Waals surface area contributed by atoms with Gasteiger partial charge in [-0.15, -0.1) is 0 Å². The van der Waals surface area contributed by atoms with Crippen LogP contribution >= 0.6 is 0 Å². The van der Waals surface area contributed by atoms with Crippen molar-refractivity contribution in [3.05, 3.63) is 72.0 Å². The fraction of sp³-hybridized carbons (Fsp3) is 0.464. The van der Waals surface area contributed by atoms with Crippen LogP contribution in [0.1, 0.15) is 37.2 Å². The summed E-state index contributed by atoms with van der Waals surface area (Å²) in [6.07, 6.45) is 4.72. The van der Waals surface area contributed by atoms with E-state index in [-0.39, 0.29) is 48.8 Å². The molecule has 0 bridgehead atoms. The zero-order valence-electron chi connectivity index (χ0n) is 21.7. The highest BCUT2D eigenvalue weighted by molar-refractivity contribution is 7.89. The minimum absolute atomic E-state index is 0.0178. The fourth-order valence-corrected chi connectivity index (χ4v) is 6.16. The first-order valence-corrected chi connectivity index (χ1v) is 14.5. The smallest absolute Gasteiger partial charge is 0.288 e. The van der Waals surface area contributed by atoms with Crippen molar-refractivity contribution in [1.82, 2.24) is 9.21 Å². The molecule has 38 heavy (non-hydrogen) atoms. The highest BCUT2D eigenvalue weighted by atomic mass is 32.2. The van der Waals surface area contributed by atoms with Crippen molar-refractivity contribution in [3.63, 3.8) is 0 Å². The molecule has 1 fully saturated rings. The van der Waals surface area contributed by atoms with E-state index in [2.05, 4.69) is 0 Å². The molecule has 1 amide bonds. The summed E-state index contributed by atoms with van der Waals surface area (Å²) in [6.45, 7) is 1.06. The van der Waals surface area contributed by atoms with Crippen LogP contribution in [0.15, 0.2) is 71.3 Å². The number of rotatable bonds is 11. The van der Waals surface area contributed by atoms with Crippen molar-refractivity contribution < 1.29 is 32.5 Å². The first-order chi connectivity index (χ1) is 18.4. The molecule has 0 aliphatic carbocycles. The second kappa shape index (κ2) is 13.2. The maximum atomic E-state index is 13.2. The predicted octanol–water partition coefficient (Wildman–Crippen LogP) is 3.12. The van der Waals surface area contributed by atoms with Crippen molar-refractivity contribution in [2.24, 2.45) is 0 Å². The summed E-state index contributed by atoms with van der Waals surface area (Å²) in [6, 6.07) is 16.0. The van der Waals surface area contributed by atoms with Gasteiger partial charge in [-0.1, -0.05) is 30.3 Å². The Morgan fingerprint density at radius 3 is 2.42 bits per heavy atom. The molecule has 0 spiro atoms. The van der Waals surface area contributed by atoms with Crippen molar-refractivity contribution in [2.45, 2.75) is 42.8 Å².